The minimum Gasteiger partial charge on any atom is -0.472 e. The Hall–Kier alpha value is -1.53. The van der Waals surface area contributed by atoms with E-state index in [4.69, 9.17) is 10.8 Å². The van der Waals surface area contributed by atoms with E-state index in [-0.39, 0.29) is 5.78 Å². The molecule has 68 valence electrons. The van der Waals surface area contributed by atoms with Crippen molar-refractivity contribution in [2.45, 2.75) is 6.42 Å². The van der Waals surface area contributed by atoms with Gasteiger partial charge in [-0.25, -0.2) is 0 Å². The summed E-state index contributed by atoms with van der Waals surface area (Å²) in [6.45, 7) is 0.743. The van der Waals surface area contributed by atoms with Crippen molar-refractivity contribution in [2.75, 3.05) is 13.1 Å². The van der Waals surface area contributed by atoms with Crippen LogP contribution in [0.15, 0.2) is 23.0 Å². The van der Waals surface area contributed by atoms with Gasteiger partial charge in [0.1, 0.15) is 0 Å². The first-order valence-corrected chi connectivity index (χ1v) is 4.00. The molecule has 3 nitrogen and oxygen atoms in total. The molecule has 1 N–H and O–H groups in total. The normalized spacial score (nSPS) is 9.46. The molecule has 0 aliphatic heterocycles. The molecule has 0 saturated carbocycles. The number of ketones is 1. The van der Waals surface area contributed by atoms with E-state index in [0.717, 1.165) is 5.56 Å². The molecule has 0 aliphatic rings. The van der Waals surface area contributed by atoms with Crippen molar-refractivity contribution in [1.29, 1.82) is 0 Å². The molecule has 0 spiro atoms. The van der Waals surface area contributed by atoms with Gasteiger partial charge in [-0.3, -0.25) is 10.1 Å². The first-order valence-electron chi connectivity index (χ1n) is 4.00. The minimum absolute atomic E-state index is 0.108. The second-order valence-corrected chi connectivity index (χ2v) is 2.65. The molecule has 0 atom stereocenters. The molecule has 0 unspecified atom stereocenters. The van der Waals surface area contributed by atoms with Crippen molar-refractivity contribution in [3.8, 4) is 12.3 Å². The van der Waals surface area contributed by atoms with E-state index in [1.54, 1.807) is 18.6 Å². The third-order valence-corrected chi connectivity index (χ3v) is 1.53. The number of nitrogens with one attached hydrogen (secondary N) is 1. The molecule has 0 radical (unpaired) electrons. The van der Waals surface area contributed by atoms with E-state index in [2.05, 4.69) is 11.2 Å². The maximum atomic E-state index is 11.2. The quantitative estimate of drug-likeness (QED) is 0.529. The molecule has 3 heteroatoms. The van der Waals surface area contributed by atoms with Gasteiger partial charge in [0.15, 0.2) is 5.78 Å². The van der Waals surface area contributed by atoms with Crippen molar-refractivity contribution < 1.29 is 9.21 Å². The Morgan fingerprint density at radius 1 is 1.69 bits per heavy atom. The summed E-state index contributed by atoms with van der Waals surface area (Å²) in [7, 11) is 0. The van der Waals surface area contributed by atoms with Gasteiger partial charge in [0.05, 0.1) is 25.6 Å². The lowest BCUT2D eigenvalue weighted by atomic mass is 10.2. The largest absolute Gasteiger partial charge is 0.472 e. The predicted octanol–water partition coefficient (Wildman–Crippen LogP) is 0.614. The summed E-state index contributed by atoms with van der Waals surface area (Å²) in [5.74, 6) is 2.51. The number of hydrogen-bond donors (Lipinski definition) is 1. The maximum Gasteiger partial charge on any atom is 0.151 e. The van der Waals surface area contributed by atoms with Gasteiger partial charge < -0.3 is 4.42 Å². The lowest BCUT2D eigenvalue weighted by Gasteiger charge is -1.97. The van der Waals surface area contributed by atoms with E-state index in [0.29, 0.717) is 19.5 Å². The highest BCUT2D eigenvalue weighted by Crippen LogP contribution is 2.00. The van der Waals surface area contributed by atoms with Crippen LogP contribution in [-0.2, 0) is 11.2 Å². The average Bonchev–Trinajstić information content (AvgIpc) is 2.57. The van der Waals surface area contributed by atoms with Crippen LogP contribution in [0.2, 0.25) is 0 Å². The van der Waals surface area contributed by atoms with Gasteiger partial charge >= 0.3 is 0 Å². The summed E-state index contributed by atoms with van der Waals surface area (Å²) in [6.07, 6.45) is 8.53. The van der Waals surface area contributed by atoms with Crippen LogP contribution in [0, 0.1) is 12.3 Å². The first-order chi connectivity index (χ1) is 6.33. The van der Waals surface area contributed by atoms with E-state index in [9.17, 15) is 4.79 Å². The highest BCUT2D eigenvalue weighted by Gasteiger charge is 2.03. The highest BCUT2D eigenvalue weighted by atomic mass is 16.3. The molecule has 13 heavy (non-hydrogen) atoms. The SMILES string of the molecule is C#CCNCC(=O)Cc1ccoc1. The van der Waals surface area contributed by atoms with Crippen LogP contribution >= 0.6 is 0 Å². The van der Waals surface area contributed by atoms with Gasteiger partial charge in [-0.15, -0.1) is 6.42 Å². The monoisotopic (exact) mass is 177 g/mol. The van der Waals surface area contributed by atoms with Crippen LogP contribution in [0.5, 0.6) is 0 Å². The number of Topliss-reactive ketones (excluding diaryl/α,β-unsaturated/α-hetero) is 1. The average molecular weight is 177 g/mol. The molecule has 0 amide bonds. The third kappa shape index (κ3) is 3.59. The van der Waals surface area contributed by atoms with Crippen LogP contribution in [0.3, 0.4) is 0 Å². The fraction of sp³-hybridized carbons (Fsp3) is 0.300. The van der Waals surface area contributed by atoms with Gasteiger partial charge in [0.2, 0.25) is 0 Å². The predicted molar refractivity (Wildman–Crippen MR) is 49.1 cm³/mol. The highest BCUT2D eigenvalue weighted by molar-refractivity contribution is 5.82. The molecule has 1 heterocycles. The van der Waals surface area contributed by atoms with Crippen LogP contribution in [0.25, 0.3) is 0 Å². The summed E-state index contributed by atoms with van der Waals surface area (Å²) < 4.78 is 4.84. The molecule has 1 aromatic rings. The number of terminal acetylenes is 1. The van der Waals surface area contributed by atoms with Crippen LogP contribution in [0.4, 0.5) is 0 Å². The van der Waals surface area contributed by atoms with E-state index >= 15 is 0 Å². The summed E-state index contributed by atoms with van der Waals surface area (Å²) in [6, 6.07) is 1.78. The van der Waals surface area contributed by atoms with Crippen molar-refractivity contribution in [1.82, 2.24) is 5.32 Å². The number of carbonyl (C=O) groups is 1. The summed E-state index contributed by atoms with van der Waals surface area (Å²) in [5, 5.41) is 2.83. The summed E-state index contributed by atoms with van der Waals surface area (Å²) in [4.78, 5) is 11.2. The molecule has 0 aliphatic carbocycles. The Labute approximate surface area is 77.1 Å². The zero-order valence-electron chi connectivity index (χ0n) is 7.25. The fourth-order valence-electron chi connectivity index (χ4n) is 0.957. The summed E-state index contributed by atoms with van der Waals surface area (Å²) in [5.41, 5.74) is 0.896. The Kier molecular flexibility index (Phi) is 3.80. The molecule has 0 bridgehead atoms. The Morgan fingerprint density at radius 2 is 2.54 bits per heavy atom. The third-order valence-electron chi connectivity index (χ3n) is 1.53. The van der Waals surface area contributed by atoms with Crippen LogP contribution in [-0.4, -0.2) is 18.9 Å². The smallest absolute Gasteiger partial charge is 0.151 e. The van der Waals surface area contributed by atoms with Crippen LogP contribution < -0.4 is 5.32 Å². The fourth-order valence-corrected chi connectivity index (χ4v) is 0.957. The second-order valence-electron chi connectivity index (χ2n) is 2.65. The molecule has 1 rings (SSSR count). The van der Waals surface area contributed by atoms with Crippen molar-refractivity contribution in [3.05, 3.63) is 24.2 Å². The lowest BCUT2D eigenvalue weighted by molar-refractivity contribution is -0.117. The maximum absolute atomic E-state index is 11.2. The summed E-state index contributed by atoms with van der Waals surface area (Å²) >= 11 is 0. The molecular weight excluding hydrogens is 166 g/mol. The molecule has 1 aromatic heterocycles. The number of carbonyl (C=O) groups excluding carboxylic acids is 1. The molecule has 0 aromatic carbocycles. The van der Waals surface area contributed by atoms with Crippen molar-refractivity contribution in [2.24, 2.45) is 0 Å². The van der Waals surface area contributed by atoms with Gasteiger partial charge in [-0.2, -0.15) is 0 Å². The van der Waals surface area contributed by atoms with E-state index in [1.165, 1.54) is 0 Å². The van der Waals surface area contributed by atoms with E-state index < -0.39 is 0 Å². The van der Waals surface area contributed by atoms with Crippen LogP contribution in [0.1, 0.15) is 5.56 Å². The van der Waals surface area contributed by atoms with Crippen molar-refractivity contribution >= 4 is 5.78 Å². The molecule has 0 saturated heterocycles. The van der Waals surface area contributed by atoms with Crippen molar-refractivity contribution in [3.63, 3.8) is 0 Å². The minimum atomic E-state index is 0.108. The first kappa shape index (κ1) is 9.56. The zero-order valence-corrected chi connectivity index (χ0v) is 7.25. The van der Waals surface area contributed by atoms with Gasteiger partial charge in [0.25, 0.3) is 0 Å². The van der Waals surface area contributed by atoms with Gasteiger partial charge in [-0.05, 0) is 11.6 Å². The number of hydrogen-bond acceptors (Lipinski definition) is 3. The van der Waals surface area contributed by atoms with E-state index in [1.807, 2.05) is 0 Å². The lowest BCUT2D eigenvalue weighted by Crippen LogP contribution is -2.24. The Bertz CT molecular complexity index is 295. The Balaban J connectivity index is 2.23. The topological polar surface area (TPSA) is 42.2 Å². The molecular formula is C10H11NO2. The number of rotatable bonds is 5. The molecule has 0 fully saturated rings. The standard InChI is InChI=1S/C10H11NO2/c1-2-4-11-7-10(12)6-9-3-5-13-8-9/h1,3,5,8,11H,4,6-7H2. The Morgan fingerprint density at radius 3 is 3.15 bits per heavy atom. The number of furan rings is 1. The van der Waals surface area contributed by atoms with Gasteiger partial charge in [0, 0.05) is 6.42 Å². The second kappa shape index (κ2) is 5.18. The van der Waals surface area contributed by atoms with Gasteiger partial charge in [-0.1, -0.05) is 5.92 Å². The zero-order chi connectivity index (χ0) is 9.52.